The number of halogens is 3. The van der Waals surface area contributed by atoms with E-state index in [1.807, 2.05) is 0 Å². The lowest BCUT2D eigenvalue weighted by Crippen LogP contribution is -2.23. The highest BCUT2D eigenvalue weighted by atomic mass is 32.2. The minimum absolute atomic E-state index is 0.188. The van der Waals surface area contributed by atoms with Crippen LogP contribution in [0.3, 0.4) is 0 Å². The molecule has 0 bridgehead atoms. The molecule has 7 nitrogen and oxygen atoms in total. The number of benzene rings is 2. The molecule has 2 aromatic carbocycles. The molecule has 0 fully saturated rings. The van der Waals surface area contributed by atoms with Crippen LogP contribution >= 0.6 is 0 Å². The zero-order valence-electron chi connectivity index (χ0n) is 15.8. The summed E-state index contributed by atoms with van der Waals surface area (Å²) in [5.74, 6) is 0. The van der Waals surface area contributed by atoms with Crippen molar-refractivity contribution in [2.24, 2.45) is 0 Å². The summed E-state index contributed by atoms with van der Waals surface area (Å²) in [7, 11) is -5.96. The van der Waals surface area contributed by atoms with Crippen molar-refractivity contribution in [1.29, 1.82) is 0 Å². The van der Waals surface area contributed by atoms with Crippen molar-refractivity contribution in [3.05, 3.63) is 48.0 Å². The first-order valence-electron chi connectivity index (χ1n) is 8.30. The minimum Gasteiger partial charge on any atom is -0.384 e. The number of hydrogen-bond acceptors (Lipinski definition) is 5. The highest BCUT2D eigenvalue weighted by Crippen LogP contribution is 2.35. The van der Waals surface area contributed by atoms with E-state index in [4.69, 9.17) is 0 Å². The van der Waals surface area contributed by atoms with Gasteiger partial charge in [-0.25, -0.2) is 21.1 Å². The van der Waals surface area contributed by atoms with Crippen LogP contribution in [0.4, 0.5) is 24.5 Å². The first-order valence-corrected chi connectivity index (χ1v) is 11.2. The predicted octanol–water partition coefficient (Wildman–Crippen LogP) is 3.19. The van der Waals surface area contributed by atoms with E-state index in [2.05, 4.69) is 10.0 Å². The Kier molecular flexibility index (Phi) is 6.50. The lowest BCUT2D eigenvalue weighted by Gasteiger charge is -2.18. The number of hydrogen-bond donors (Lipinski definition) is 2. The molecule has 0 radical (unpaired) electrons. The topological polar surface area (TPSA) is 95.6 Å². The Labute approximate surface area is 167 Å². The standard InChI is InChI=1S/C17H20F3N3O4S2/c1-4-21-14-10-9-12(29(26,27)23(2)3)11-15(14)22-28(24,25)16-8-6-5-7-13(16)17(18,19)20/h5-11,21-22H,4H2,1-3H3. The maximum Gasteiger partial charge on any atom is 0.417 e. The maximum atomic E-state index is 13.2. The molecule has 0 aliphatic rings. The van der Waals surface area contributed by atoms with Crippen LogP contribution in [0.1, 0.15) is 12.5 Å². The largest absolute Gasteiger partial charge is 0.417 e. The van der Waals surface area contributed by atoms with Gasteiger partial charge in [0.2, 0.25) is 10.0 Å². The average Bonchev–Trinajstić information content (AvgIpc) is 2.62. The number of nitrogens with one attached hydrogen (secondary N) is 2. The molecule has 2 aromatic rings. The summed E-state index contributed by atoms with van der Waals surface area (Å²) in [4.78, 5) is -1.18. The summed E-state index contributed by atoms with van der Waals surface area (Å²) in [6.45, 7) is 2.09. The third-order valence-electron chi connectivity index (χ3n) is 3.86. The molecule has 0 spiro atoms. The van der Waals surface area contributed by atoms with Crippen LogP contribution in [0.15, 0.2) is 52.3 Å². The Morgan fingerprint density at radius 1 is 0.966 bits per heavy atom. The van der Waals surface area contributed by atoms with Crippen molar-refractivity contribution < 1.29 is 30.0 Å². The fourth-order valence-electron chi connectivity index (χ4n) is 2.46. The van der Waals surface area contributed by atoms with Crippen LogP contribution < -0.4 is 10.0 Å². The molecule has 0 aliphatic heterocycles. The molecule has 160 valence electrons. The van der Waals surface area contributed by atoms with E-state index in [1.165, 1.54) is 32.3 Å². The van der Waals surface area contributed by atoms with Crippen molar-refractivity contribution in [1.82, 2.24) is 4.31 Å². The van der Waals surface area contributed by atoms with Crippen LogP contribution in [0.2, 0.25) is 0 Å². The highest BCUT2D eigenvalue weighted by Gasteiger charge is 2.37. The lowest BCUT2D eigenvalue weighted by molar-refractivity contribution is -0.139. The summed E-state index contributed by atoms with van der Waals surface area (Å²) >= 11 is 0. The minimum atomic E-state index is -4.88. The van der Waals surface area contributed by atoms with Crippen LogP contribution in [0, 0.1) is 0 Å². The van der Waals surface area contributed by atoms with Crippen molar-refractivity contribution in [2.75, 3.05) is 30.7 Å². The van der Waals surface area contributed by atoms with Crippen molar-refractivity contribution in [2.45, 2.75) is 22.9 Å². The molecule has 0 aromatic heterocycles. The van der Waals surface area contributed by atoms with Gasteiger partial charge >= 0.3 is 6.18 Å². The first-order chi connectivity index (χ1) is 13.3. The molecule has 0 atom stereocenters. The second-order valence-corrected chi connectivity index (χ2v) is 9.93. The van der Waals surface area contributed by atoms with E-state index in [9.17, 15) is 30.0 Å². The van der Waals surface area contributed by atoms with Gasteiger partial charge in [-0.05, 0) is 37.3 Å². The third-order valence-corrected chi connectivity index (χ3v) is 7.10. The zero-order valence-corrected chi connectivity index (χ0v) is 17.4. The molecule has 0 heterocycles. The fourth-order valence-corrected chi connectivity index (χ4v) is 4.69. The van der Waals surface area contributed by atoms with Gasteiger partial charge in [0.05, 0.1) is 26.7 Å². The molecule has 2 rings (SSSR count). The Hall–Kier alpha value is -2.31. The van der Waals surface area contributed by atoms with E-state index in [0.29, 0.717) is 12.6 Å². The Balaban J connectivity index is 2.61. The molecule has 0 amide bonds. The first kappa shape index (κ1) is 23.0. The zero-order chi connectivity index (χ0) is 22.0. The molecule has 29 heavy (non-hydrogen) atoms. The predicted molar refractivity (Wildman–Crippen MR) is 104 cm³/mol. The molecule has 0 unspecified atom stereocenters. The summed E-state index contributed by atoms with van der Waals surface area (Å²) < 4.78 is 92.9. The van der Waals surface area contributed by atoms with Crippen LogP contribution in [0.25, 0.3) is 0 Å². The summed E-state index contributed by atoms with van der Waals surface area (Å²) in [5.41, 5.74) is -1.29. The quantitative estimate of drug-likeness (QED) is 0.674. The number of nitrogens with zero attached hydrogens (tertiary/aromatic N) is 1. The second kappa shape index (κ2) is 8.20. The highest BCUT2D eigenvalue weighted by molar-refractivity contribution is 7.92. The third kappa shape index (κ3) is 5.00. The molecule has 12 heteroatoms. The molecule has 0 aliphatic carbocycles. The molecule has 0 saturated heterocycles. The number of rotatable bonds is 7. The van der Waals surface area contributed by atoms with Crippen molar-refractivity contribution >= 4 is 31.4 Å². The van der Waals surface area contributed by atoms with Crippen molar-refractivity contribution in [3.8, 4) is 0 Å². The van der Waals surface area contributed by atoms with E-state index in [-0.39, 0.29) is 16.3 Å². The Morgan fingerprint density at radius 3 is 2.14 bits per heavy atom. The van der Waals surface area contributed by atoms with Gasteiger partial charge in [-0.1, -0.05) is 12.1 Å². The Morgan fingerprint density at radius 2 is 1.59 bits per heavy atom. The van der Waals surface area contributed by atoms with E-state index >= 15 is 0 Å². The van der Waals surface area contributed by atoms with Gasteiger partial charge < -0.3 is 5.32 Å². The molecule has 0 saturated carbocycles. The van der Waals surface area contributed by atoms with Gasteiger partial charge in [-0.3, -0.25) is 4.72 Å². The lowest BCUT2D eigenvalue weighted by atomic mass is 10.2. The van der Waals surface area contributed by atoms with E-state index in [0.717, 1.165) is 22.5 Å². The van der Waals surface area contributed by atoms with E-state index < -0.39 is 36.7 Å². The summed E-state index contributed by atoms with van der Waals surface area (Å²) in [6.07, 6.45) is -4.88. The van der Waals surface area contributed by atoms with E-state index in [1.54, 1.807) is 6.92 Å². The SMILES string of the molecule is CCNc1ccc(S(=O)(=O)N(C)C)cc1NS(=O)(=O)c1ccccc1C(F)(F)F. The normalized spacial score (nSPS) is 12.8. The number of anilines is 2. The second-order valence-electron chi connectivity index (χ2n) is 6.12. The average molecular weight is 451 g/mol. The summed E-state index contributed by atoms with van der Waals surface area (Å²) in [5, 5.41) is 2.85. The molecule has 2 N–H and O–H groups in total. The van der Waals surface area contributed by atoms with Gasteiger partial charge in [0.1, 0.15) is 0 Å². The van der Waals surface area contributed by atoms with Gasteiger partial charge in [-0.2, -0.15) is 13.2 Å². The fraction of sp³-hybridized carbons (Fsp3) is 0.294. The van der Waals surface area contributed by atoms with Gasteiger partial charge in [-0.15, -0.1) is 0 Å². The van der Waals surface area contributed by atoms with Gasteiger partial charge in [0.15, 0.2) is 0 Å². The number of alkyl halides is 3. The van der Waals surface area contributed by atoms with Crippen LogP contribution in [-0.2, 0) is 26.2 Å². The smallest absolute Gasteiger partial charge is 0.384 e. The molecular weight excluding hydrogens is 431 g/mol. The van der Waals surface area contributed by atoms with Gasteiger partial charge in [0, 0.05) is 20.6 Å². The maximum absolute atomic E-state index is 13.2. The van der Waals surface area contributed by atoms with Gasteiger partial charge in [0.25, 0.3) is 10.0 Å². The van der Waals surface area contributed by atoms with Crippen LogP contribution in [0.5, 0.6) is 0 Å². The monoisotopic (exact) mass is 451 g/mol. The number of sulfonamides is 2. The Bertz CT molecular complexity index is 1100. The van der Waals surface area contributed by atoms with Crippen LogP contribution in [-0.4, -0.2) is 41.8 Å². The molecular formula is C17H20F3N3O4S2. The van der Waals surface area contributed by atoms with Crippen molar-refractivity contribution in [3.63, 3.8) is 0 Å². The summed E-state index contributed by atoms with van der Waals surface area (Å²) in [6, 6.07) is 7.41.